The number of thiophene rings is 1. The monoisotopic (exact) mass is 403 g/mol. The van der Waals surface area contributed by atoms with Crippen molar-refractivity contribution in [2.24, 2.45) is 0 Å². The van der Waals surface area contributed by atoms with E-state index in [9.17, 15) is 0 Å². The van der Waals surface area contributed by atoms with Crippen LogP contribution < -0.4 is 10.1 Å². The summed E-state index contributed by atoms with van der Waals surface area (Å²) in [4.78, 5) is 1.35. The normalized spacial score (nSPS) is 10.7. The second-order valence-corrected chi connectivity index (χ2v) is 6.75. The molecule has 1 heterocycles. The molecular formula is C14H15Br2NOS. The minimum atomic E-state index is 0.660. The van der Waals surface area contributed by atoms with Crippen LogP contribution in [0.5, 0.6) is 5.75 Å². The van der Waals surface area contributed by atoms with Gasteiger partial charge in [0.15, 0.2) is 0 Å². The van der Waals surface area contributed by atoms with Crippen molar-refractivity contribution < 1.29 is 4.74 Å². The summed E-state index contributed by atoms with van der Waals surface area (Å²) in [6, 6.07) is 8.40. The highest BCUT2D eigenvalue weighted by molar-refractivity contribution is 9.11. The Morgan fingerprint density at radius 1 is 1.21 bits per heavy atom. The molecule has 0 amide bonds. The molecule has 0 bridgehead atoms. The molecule has 0 saturated carbocycles. The number of halogens is 2. The van der Waals surface area contributed by atoms with Crippen LogP contribution in [0.4, 0.5) is 0 Å². The van der Waals surface area contributed by atoms with Crippen LogP contribution in [-0.2, 0) is 13.1 Å². The van der Waals surface area contributed by atoms with E-state index in [0.29, 0.717) is 6.61 Å². The molecule has 0 fully saturated rings. The largest absolute Gasteiger partial charge is 0.492 e. The van der Waals surface area contributed by atoms with Gasteiger partial charge in [-0.2, -0.15) is 0 Å². The molecule has 1 aromatic carbocycles. The van der Waals surface area contributed by atoms with Gasteiger partial charge in [0.2, 0.25) is 0 Å². The van der Waals surface area contributed by atoms with Crippen LogP contribution in [0.3, 0.4) is 0 Å². The Balaban J connectivity index is 1.97. The van der Waals surface area contributed by atoms with E-state index in [1.165, 1.54) is 10.4 Å². The lowest BCUT2D eigenvalue weighted by molar-refractivity contribution is 0.336. The third-order valence-corrected chi connectivity index (χ3v) is 4.61. The summed E-state index contributed by atoms with van der Waals surface area (Å²) in [5.41, 5.74) is 1.22. The highest BCUT2D eigenvalue weighted by Crippen LogP contribution is 2.34. The van der Waals surface area contributed by atoms with Crippen LogP contribution in [0.15, 0.2) is 38.6 Å². The summed E-state index contributed by atoms with van der Waals surface area (Å²) in [6.45, 7) is 4.38. The summed E-state index contributed by atoms with van der Waals surface area (Å²) < 4.78 is 7.54. The molecule has 5 heteroatoms. The quantitative estimate of drug-likeness (QED) is 0.734. The highest BCUT2D eigenvalue weighted by Gasteiger charge is 2.08. The second-order valence-electron chi connectivity index (χ2n) is 4.00. The van der Waals surface area contributed by atoms with Gasteiger partial charge in [0.1, 0.15) is 5.75 Å². The minimum Gasteiger partial charge on any atom is -0.492 e. The maximum atomic E-state index is 5.57. The standard InChI is InChI=1S/C14H15Br2NOS/c1-2-18-14-12(15)6-10(7-13(14)16)8-17-9-11-4-3-5-19-11/h3-7,17H,2,8-9H2,1H3. The summed E-state index contributed by atoms with van der Waals surface area (Å²) >= 11 is 8.87. The van der Waals surface area contributed by atoms with Crippen LogP contribution in [0.25, 0.3) is 0 Å². The molecule has 0 aliphatic rings. The zero-order valence-electron chi connectivity index (χ0n) is 10.6. The Morgan fingerprint density at radius 2 is 1.95 bits per heavy atom. The van der Waals surface area contributed by atoms with E-state index in [2.05, 4.69) is 66.8 Å². The lowest BCUT2D eigenvalue weighted by Crippen LogP contribution is -2.11. The van der Waals surface area contributed by atoms with Crippen molar-refractivity contribution in [2.45, 2.75) is 20.0 Å². The molecule has 0 saturated heterocycles. The van der Waals surface area contributed by atoms with Gasteiger partial charge in [-0.15, -0.1) is 11.3 Å². The molecular weight excluding hydrogens is 390 g/mol. The van der Waals surface area contributed by atoms with Crippen molar-refractivity contribution in [1.29, 1.82) is 0 Å². The van der Waals surface area contributed by atoms with Crippen LogP contribution in [0, 0.1) is 0 Å². The number of ether oxygens (including phenoxy) is 1. The van der Waals surface area contributed by atoms with Crippen molar-refractivity contribution in [1.82, 2.24) is 5.32 Å². The van der Waals surface area contributed by atoms with Crippen molar-refractivity contribution in [3.8, 4) is 5.75 Å². The Morgan fingerprint density at radius 3 is 2.53 bits per heavy atom. The molecule has 0 radical (unpaired) electrons. The van der Waals surface area contributed by atoms with Crippen LogP contribution >= 0.6 is 43.2 Å². The van der Waals surface area contributed by atoms with Gasteiger partial charge in [-0.1, -0.05) is 6.07 Å². The molecule has 0 aliphatic carbocycles. The topological polar surface area (TPSA) is 21.3 Å². The average Bonchev–Trinajstić information content (AvgIpc) is 2.87. The molecule has 0 atom stereocenters. The highest BCUT2D eigenvalue weighted by atomic mass is 79.9. The van der Waals surface area contributed by atoms with Crippen molar-refractivity contribution in [2.75, 3.05) is 6.61 Å². The Bertz CT molecular complexity index is 505. The van der Waals surface area contributed by atoms with E-state index in [-0.39, 0.29) is 0 Å². The molecule has 102 valence electrons. The summed E-state index contributed by atoms with van der Waals surface area (Å²) in [7, 11) is 0. The van der Waals surface area contributed by atoms with Gasteiger partial charge in [0.25, 0.3) is 0 Å². The van der Waals surface area contributed by atoms with Crippen LogP contribution in [0.1, 0.15) is 17.4 Å². The first-order chi connectivity index (χ1) is 9.20. The summed E-state index contributed by atoms with van der Waals surface area (Å²) in [5, 5.41) is 5.54. The molecule has 1 aromatic heterocycles. The fraction of sp³-hybridized carbons (Fsp3) is 0.286. The predicted molar refractivity (Wildman–Crippen MR) is 87.9 cm³/mol. The SMILES string of the molecule is CCOc1c(Br)cc(CNCc2cccs2)cc1Br. The van der Waals surface area contributed by atoms with E-state index in [0.717, 1.165) is 27.8 Å². The Hall–Kier alpha value is -0.360. The smallest absolute Gasteiger partial charge is 0.147 e. The average molecular weight is 405 g/mol. The van der Waals surface area contributed by atoms with Crippen molar-refractivity contribution >= 4 is 43.2 Å². The van der Waals surface area contributed by atoms with Gasteiger partial charge in [-0.05, 0) is 67.9 Å². The first-order valence-electron chi connectivity index (χ1n) is 6.04. The number of nitrogens with one attached hydrogen (secondary N) is 1. The maximum Gasteiger partial charge on any atom is 0.147 e. The molecule has 2 nitrogen and oxygen atoms in total. The van der Waals surface area contributed by atoms with E-state index >= 15 is 0 Å². The summed E-state index contributed by atoms with van der Waals surface area (Å²) in [6.07, 6.45) is 0. The fourth-order valence-corrected chi connectivity index (χ4v) is 3.92. The Kier molecular flexibility index (Phi) is 5.88. The van der Waals surface area contributed by atoms with E-state index < -0.39 is 0 Å². The predicted octanol–water partition coefficient (Wildman–Crippen LogP) is 4.96. The van der Waals surface area contributed by atoms with Crippen molar-refractivity contribution in [3.63, 3.8) is 0 Å². The van der Waals surface area contributed by atoms with E-state index in [4.69, 9.17) is 4.74 Å². The zero-order valence-corrected chi connectivity index (χ0v) is 14.6. The second kappa shape index (κ2) is 7.43. The molecule has 19 heavy (non-hydrogen) atoms. The third-order valence-electron chi connectivity index (χ3n) is 2.56. The Labute approximate surface area is 134 Å². The molecule has 0 unspecified atom stereocenters. The van der Waals surface area contributed by atoms with E-state index in [1.54, 1.807) is 11.3 Å². The van der Waals surface area contributed by atoms with Gasteiger partial charge in [0.05, 0.1) is 15.6 Å². The van der Waals surface area contributed by atoms with Gasteiger partial charge < -0.3 is 10.1 Å². The van der Waals surface area contributed by atoms with Crippen molar-refractivity contribution in [3.05, 3.63) is 49.0 Å². The van der Waals surface area contributed by atoms with Gasteiger partial charge in [-0.25, -0.2) is 0 Å². The number of hydrogen-bond acceptors (Lipinski definition) is 3. The van der Waals surface area contributed by atoms with Gasteiger partial charge in [-0.3, -0.25) is 0 Å². The molecule has 0 spiro atoms. The number of benzene rings is 1. The van der Waals surface area contributed by atoms with E-state index in [1.807, 2.05) is 6.92 Å². The third kappa shape index (κ3) is 4.31. The lowest BCUT2D eigenvalue weighted by Gasteiger charge is -2.11. The maximum absolute atomic E-state index is 5.57. The molecule has 1 N–H and O–H groups in total. The first kappa shape index (κ1) is 15.0. The number of hydrogen-bond donors (Lipinski definition) is 1. The van der Waals surface area contributed by atoms with Crippen LogP contribution in [-0.4, -0.2) is 6.61 Å². The van der Waals surface area contributed by atoms with Crippen LogP contribution in [0.2, 0.25) is 0 Å². The molecule has 2 rings (SSSR count). The number of rotatable bonds is 6. The molecule has 2 aromatic rings. The van der Waals surface area contributed by atoms with Gasteiger partial charge in [0, 0.05) is 18.0 Å². The molecule has 0 aliphatic heterocycles. The first-order valence-corrected chi connectivity index (χ1v) is 8.51. The zero-order chi connectivity index (χ0) is 13.7. The van der Waals surface area contributed by atoms with Gasteiger partial charge >= 0.3 is 0 Å². The fourth-order valence-electron chi connectivity index (χ4n) is 1.74. The lowest BCUT2D eigenvalue weighted by atomic mass is 10.2. The minimum absolute atomic E-state index is 0.660. The summed E-state index contributed by atoms with van der Waals surface area (Å²) in [5.74, 6) is 0.865.